The smallest absolute Gasteiger partial charge is 0.253 e. The molecule has 3 rings (SSSR count). The molecule has 1 aromatic carbocycles. The quantitative estimate of drug-likeness (QED) is 0.914. The Balaban J connectivity index is 1.83. The number of carbonyl (C=O) groups is 1. The van der Waals surface area contributed by atoms with Gasteiger partial charge in [-0.25, -0.2) is 13.6 Å². The van der Waals surface area contributed by atoms with Crippen LogP contribution in [0, 0.1) is 0 Å². The van der Waals surface area contributed by atoms with Gasteiger partial charge in [0.05, 0.1) is 5.25 Å². The summed E-state index contributed by atoms with van der Waals surface area (Å²) in [5.74, 6) is -0.128. The van der Waals surface area contributed by atoms with Crippen molar-refractivity contribution in [2.75, 3.05) is 13.1 Å². The zero-order chi connectivity index (χ0) is 15.0. The lowest BCUT2D eigenvalue weighted by Gasteiger charge is -2.31. The van der Waals surface area contributed by atoms with E-state index in [9.17, 15) is 13.2 Å². The van der Waals surface area contributed by atoms with Crippen molar-refractivity contribution >= 4 is 37.4 Å². The Morgan fingerprint density at radius 2 is 2.14 bits per heavy atom. The molecule has 7 heteroatoms. The molecule has 0 aliphatic carbocycles. The van der Waals surface area contributed by atoms with Crippen LogP contribution in [0.1, 0.15) is 23.2 Å². The van der Waals surface area contributed by atoms with Crippen LogP contribution in [0.15, 0.2) is 29.6 Å². The van der Waals surface area contributed by atoms with E-state index in [-0.39, 0.29) is 12.5 Å². The summed E-state index contributed by atoms with van der Waals surface area (Å²) in [6.07, 6.45) is 1.18. The lowest BCUT2D eigenvalue weighted by Crippen LogP contribution is -2.47. The average Bonchev–Trinajstić information content (AvgIpc) is 2.93. The summed E-state index contributed by atoms with van der Waals surface area (Å²) in [6, 6.07) is 7.55. The fourth-order valence-corrected chi connectivity index (χ4v) is 4.33. The molecular formula is C14H16N2O3S2. The third kappa shape index (κ3) is 2.95. The first-order valence-electron chi connectivity index (χ1n) is 6.73. The van der Waals surface area contributed by atoms with Crippen LogP contribution < -0.4 is 5.14 Å². The van der Waals surface area contributed by atoms with E-state index in [1.807, 2.05) is 23.6 Å². The lowest BCUT2D eigenvalue weighted by molar-refractivity contribution is 0.0727. The molecule has 0 spiro atoms. The van der Waals surface area contributed by atoms with E-state index in [4.69, 9.17) is 5.14 Å². The molecule has 5 nitrogen and oxygen atoms in total. The van der Waals surface area contributed by atoms with Gasteiger partial charge in [0.2, 0.25) is 10.0 Å². The number of likely N-dealkylation sites (tertiary alicyclic amines) is 1. The summed E-state index contributed by atoms with van der Waals surface area (Å²) in [6.45, 7) is 0.756. The minimum absolute atomic E-state index is 0.128. The van der Waals surface area contributed by atoms with Crippen LogP contribution in [-0.2, 0) is 10.0 Å². The molecule has 2 aromatic rings. The Morgan fingerprint density at radius 3 is 2.90 bits per heavy atom. The van der Waals surface area contributed by atoms with Crippen LogP contribution in [0.25, 0.3) is 10.1 Å². The minimum Gasteiger partial charge on any atom is -0.337 e. The van der Waals surface area contributed by atoms with Crippen LogP contribution in [0.4, 0.5) is 0 Å². The zero-order valence-corrected chi connectivity index (χ0v) is 13.0. The van der Waals surface area contributed by atoms with Crippen molar-refractivity contribution in [3.05, 3.63) is 35.2 Å². The van der Waals surface area contributed by atoms with Gasteiger partial charge in [-0.1, -0.05) is 0 Å². The Hall–Kier alpha value is -1.44. The predicted octanol–water partition coefficient (Wildman–Crippen LogP) is 1.79. The molecule has 1 aromatic heterocycles. The van der Waals surface area contributed by atoms with Gasteiger partial charge in [-0.15, -0.1) is 11.3 Å². The predicted molar refractivity (Wildman–Crippen MR) is 83.9 cm³/mol. The number of carbonyl (C=O) groups excluding carboxylic acids is 1. The van der Waals surface area contributed by atoms with Gasteiger partial charge >= 0.3 is 0 Å². The van der Waals surface area contributed by atoms with Gasteiger partial charge in [0.25, 0.3) is 5.91 Å². The third-order valence-corrected chi connectivity index (χ3v) is 6.04. The summed E-state index contributed by atoms with van der Waals surface area (Å²) in [4.78, 5) is 14.1. The van der Waals surface area contributed by atoms with Crippen molar-refractivity contribution in [1.82, 2.24) is 4.90 Å². The van der Waals surface area contributed by atoms with E-state index in [1.165, 1.54) is 0 Å². The molecule has 1 aliphatic rings. The number of hydrogen-bond acceptors (Lipinski definition) is 4. The molecule has 2 N–H and O–H groups in total. The number of hydrogen-bond donors (Lipinski definition) is 1. The highest BCUT2D eigenvalue weighted by atomic mass is 32.2. The highest BCUT2D eigenvalue weighted by molar-refractivity contribution is 7.89. The van der Waals surface area contributed by atoms with Crippen LogP contribution in [0.2, 0.25) is 0 Å². The number of rotatable bonds is 2. The van der Waals surface area contributed by atoms with Crippen molar-refractivity contribution in [1.29, 1.82) is 0 Å². The van der Waals surface area contributed by atoms with E-state index in [1.54, 1.807) is 22.3 Å². The van der Waals surface area contributed by atoms with Crippen molar-refractivity contribution in [2.45, 2.75) is 18.1 Å². The van der Waals surface area contributed by atoms with Crippen LogP contribution in [-0.4, -0.2) is 37.6 Å². The van der Waals surface area contributed by atoms with Crippen molar-refractivity contribution in [3.8, 4) is 0 Å². The molecule has 0 saturated carbocycles. The Kier molecular flexibility index (Phi) is 3.73. The number of fused-ring (bicyclic) bond motifs is 1. The lowest BCUT2D eigenvalue weighted by atomic mass is 10.1. The summed E-state index contributed by atoms with van der Waals surface area (Å²) in [5, 5.41) is 7.57. The maximum Gasteiger partial charge on any atom is 0.253 e. The number of amides is 1. The molecule has 1 aliphatic heterocycles. The molecule has 0 radical (unpaired) electrons. The van der Waals surface area contributed by atoms with Gasteiger partial charge in [0.1, 0.15) is 0 Å². The second-order valence-electron chi connectivity index (χ2n) is 5.28. The average molecular weight is 324 g/mol. The SMILES string of the molecule is NS(=O)(=O)C1CCCN(C(=O)c2ccc3sccc3c2)C1. The number of nitrogens with two attached hydrogens (primary N) is 1. The van der Waals surface area contributed by atoms with Gasteiger partial charge in [0, 0.05) is 23.4 Å². The molecule has 0 bridgehead atoms. The van der Waals surface area contributed by atoms with E-state index >= 15 is 0 Å². The highest BCUT2D eigenvalue weighted by Crippen LogP contribution is 2.23. The number of nitrogens with zero attached hydrogens (tertiary/aromatic N) is 1. The van der Waals surface area contributed by atoms with E-state index in [0.29, 0.717) is 24.9 Å². The first kappa shape index (κ1) is 14.5. The Bertz CT molecular complexity index is 782. The first-order chi connectivity index (χ1) is 9.95. The molecular weight excluding hydrogens is 308 g/mol. The number of sulfonamides is 1. The molecule has 1 atom stereocenters. The van der Waals surface area contributed by atoms with E-state index in [0.717, 1.165) is 10.1 Å². The van der Waals surface area contributed by atoms with Gasteiger partial charge in [-0.05, 0) is 47.9 Å². The van der Waals surface area contributed by atoms with Crippen molar-refractivity contribution in [3.63, 3.8) is 0 Å². The summed E-state index contributed by atoms with van der Waals surface area (Å²) < 4.78 is 24.1. The minimum atomic E-state index is -3.59. The Labute approximate surface area is 127 Å². The maximum atomic E-state index is 12.5. The monoisotopic (exact) mass is 324 g/mol. The summed E-state index contributed by atoms with van der Waals surface area (Å²) in [7, 11) is -3.59. The van der Waals surface area contributed by atoms with Crippen molar-refractivity contribution in [2.24, 2.45) is 5.14 Å². The number of thiophene rings is 1. The largest absolute Gasteiger partial charge is 0.337 e. The van der Waals surface area contributed by atoms with Crippen molar-refractivity contribution < 1.29 is 13.2 Å². The van der Waals surface area contributed by atoms with Crippen LogP contribution in [0.3, 0.4) is 0 Å². The summed E-state index contributed by atoms with van der Waals surface area (Å²) in [5.41, 5.74) is 0.593. The third-order valence-electron chi connectivity index (χ3n) is 3.83. The van der Waals surface area contributed by atoms with Gasteiger partial charge in [-0.3, -0.25) is 4.79 Å². The molecule has 1 saturated heterocycles. The molecule has 112 valence electrons. The number of benzene rings is 1. The van der Waals surface area contributed by atoms with Crippen LogP contribution in [0.5, 0.6) is 0 Å². The number of primary sulfonamides is 1. The molecule has 1 amide bonds. The van der Waals surface area contributed by atoms with E-state index < -0.39 is 15.3 Å². The maximum absolute atomic E-state index is 12.5. The standard InChI is InChI=1S/C14H16N2O3S2/c15-21(18,19)12-2-1-6-16(9-12)14(17)11-3-4-13-10(8-11)5-7-20-13/h3-5,7-8,12H,1-2,6,9H2,(H2,15,18,19). The van der Waals surface area contributed by atoms with E-state index in [2.05, 4.69) is 0 Å². The van der Waals surface area contributed by atoms with Gasteiger partial charge in [-0.2, -0.15) is 0 Å². The molecule has 21 heavy (non-hydrogen) atoms. The zero-order valence-electron chi connectivity index (χ0n) is 11.4. The fourth-order valence-electron chi connectivity index (χ4n) is 2.67. The fraction of sp³-hybridized carbons (Fsp3) is 0.357. The molecule has 2 heterocycles. The normalized spacial score (nSPS) is 19.9. The van der Waals surface area contributed by atoms with Crippen LogP contribution >= 0.6 is 11.3 Å². The topological polar surface area (TPSA) is 80.5 Å². The number of piperidine rings is 1. The first-order valence-corrected chi connectivity index (χ1v) is 9.22. The summed E-state index contributed by atoms with van der Waals surface area (Å²) >= 11 is 1.63. The second-order valence-corrected chi connectivity index (χ2v) is 8.07. The van der Waals surface area contributed by atoms with Gasteiger partial charge < -0.3 is 4.90 Å². The molecule has 1 fully saturated rings. The molecule has 1 unspecified atom stereocenters. The second kappa shape index (κ2) is 5.40. The highest BCUT2D eigenvalue weighted by Gasteiger charge is 2.30. The Morgan fingerprint density at radius 1 is 1.33 bits per heavy atom. The van der Waals surface area contributed by atoms with Gasteiger partial charge in [0.15, 0.2) is 0 Å².